The summed E-state index contributed by atoms with van der Waals surface area (Å²) in [5, 5.41) is 8.62. The Balaban J connectivity index is 2.65. The second kappa shape index (κ2) is 6.56. The molecule has 0 spiro atoms. The Labute approximate surface area is 116 Å². The van der Waals surface area contributed by atoms with Crippen LogP contribution >= 0.6 is 0 Å². The molecule has 112 valence electrons. The first-order chi connectivity index (χ1) is 9.25. The molecule has 1 heterocycles. The molecule has 2 atom stereocenters. The zero-order valence-electron chi connectivity index (χ0n) is 11.2. The van der Waals surface area contributed by atoms with Crippen LogP contribution in [0.15, 0.2) is 22.8 Å². The summed E-state index contributed by atoms with van der Waals surface area (Å²) in [5.74, 6) is -1.40. The van der Waals surface area contributed by atoms with Gasteiger partial charge in [-0.15, -0.1) is 0 Å². The van der Waals surface area contributed by atoms with Crippen LogP contribution in [0.2, 0.25) is 0 Å². The lowest BCUT2D eigenvalue weighted by molar-refractivity contribution is -0.137. The van der Waals surface area contributed by atoms with Gasteiger partial charge in [0.1, 0.15) is 11.0 Å². The van der Waals surface area contributed by atoms with E-state index in [1.165, 1.54) is 20.1 Å². The summed E-state index contributed by atoms with van der Waals surface area (Å²) in [5.41, 5.74) is 0. The van der Waals surface area contributed by atoms with E-state index in [9.17, 15) is 18.0 Å². The van der Waals surface area contributed by atoms with Gasteiger partial charge < -0.3 is 14.8 Å². The topological polar surface area (TPSA) is 114 Å². The number of hydrogen-bond donors (Lipinski definition) is 2. The van der Waals surface area contributed by atoms with Gasteiger partial charge in [-0.2, -0.15) is 0 Å². The molecule has 1 rings (SSSR count). The van der Waals surface area contributed by atoms with Gasteiger partial charge in [-0.3, -0.25) is 9.59 Å². The number of carbonyl (C=O) groups is 2. The highest BCUT2D eigenvalue weighted by molar-refractivity contribution is 7.93. The van der Waals surface area contributed by atoms with Crippen molar-refractivity contribution in [1.29, 1.82) is 0 Å². The van der Waals surface area contributed by atoms with Crippen LogP contribution in [0.5, 0.6) is 0 Å². The first kappa shape index (κ1) is 16.2. The van der Waals surface area contributed by atoms with Crippen LogP contribution in [0.1, 0.15) is 26.0 Å². The van der Waals surface area contributed by atoms with E-state index < -0.39 is 38.6 Å². The zero-order valence-corrected chi connectivity index (χ0v) is 12.0. The molecule has 0 fully saturated rings. The monoisotopic (exact) mass is 303 g/mol. The van der Waals surface area contributed by atoms with Gasteiger partial charge in [-0.05, 0) is 26.0 Å². The summed E-state index contributed by atoms with van der Waals surface area (Å²) in [7, 11) is -3.85. The van der Waals surface area contributed by atoms with Crippen molar-refractivity contribution >= 4 is 21.7 Å². The Morgan fingerprint density at radius 1 is 1.40 bits per heavy atom. The SMILES string of the molecule is CC(CC(=O)O)S(=O)(=O)C(C)C(=O)NCc1ccco1. The predicted octanol–water partition coefficient (Wildman–Crippen LogP) is 0.562. The average molecular weight is 303 g/mol. The van der Waals surface area contributed by atoms with Crippen LogP contribution < -0.4 is 5.32 Å². The molecule has 1 aromatic heterocycles. The maximum Gasteiger partial charge on any atom is 0.304 e. The lowest BCUT2D eigenvalue weighted by Crippen LogP contribution is -2.41. The van der Waals surface area contributed by atoms with E-state index >= 15 is 0 Å². The third-order valence-corrected chi connectivity index (χ3v) is 5.39. The maximum absolute atomic E-state index is 12.0. The number of rotatable bonds is 7. The Hall–Kier alpha value is -1.83. The van der Waals surface area contributed by atoms with Gasteiger partial charge in [-0.25, -0.2) is 8.42 Å². The average Bonchev–Trinajstić information content (AvgIpc) is 2.87. The standard InChI is InChI=1S/C12H17NO6S/c1-8(6-11(14)15)20(17,18)9(2)12(16)13-7-10-4-3-5-19-10/h3-5,8-9H,6-7H2,1-2H3,(H,13,16)(H,14,15). The van der Waals surface area contributed by atoms with Crippen molar-refractivity contribution < 1.29 is 27.5 Å². The van der Waals surface area contributed by atoms with Gasteiger partial charge >= 0.3 is 5.97 Å². The Morgan fingerprint density at radius 3 is 2.55 bits per heavy atom. The zero-order chi connectivity index (χ0) is 15.3. The van der Waals surface area contributed by atoms with E-state index in [-0.39, 0.29) is 6.54 Å². The number of hydrogen-bond acceptors (Lipinski definition) is 5. The van der Waals surface area contributed by atoms with Gasteiger partial charge in [0.2, 0.25) is 5.91 Å². The van der Waals surface area contributed by atoms with E-state index in [2.05, 4.69) is 5.32 Å². The van der Waals surface area contributed by atoms with Crippen LogP contribution in [-0.4, -0.2) is 35.9 Å². The largest absolute Gasteiger partial charge is 0.481 e. The molecule has 0 saturated heterocycles. The maximum atomic E-state index is 12.0. The Bertz CT molecular complexity index is 563. The second-order valence-corrected chi connectivity index (χ2v) is 7.13. The fraction of sp³-hybridized carbons (Fsp3) is 0.500. The number of furan rings is 1. The normalized spacial score (nSPS) is 14.5. The van der Waals surface area contributed by atoms with Crippen molar-refractivity contribution in [2.45, 2.75) is 37.3 Å². The number of amides is 1. The summed E-state index contributed by atoms with van der Waals surface area (Å²) in [6.07, 6.45) is 0.911. The summed E-state index contributed by atoms with van der Waals surface area (Å²) in [6, 6.07) is 3.29. The molecule has 0 bridgehead atoms. The van der Waals surface area contributed by atoms with Gasteiger partial charge in [0, 0.05) is 0 Å². The first-order valence-corrected chi connectivity index (χ1v) is 7.60. The van der Waals surface area contributed by atoms with Gasteiger partial charge in [0.15, 0.2) is 9.84 Å². The van der Waals surface area contributed by atoms with Crippen LogP contribution in [0, 0.1) is 0 Å². The number of carboxylic acid groups (broad SMARTS) is 1. The summed E-state index contributed by atoms with van der Waals surface area (Å²) in [6.45, 7) is 2.60. The lowest BCUT2D eigenvalue weighted by atomic mass is 10.3. The van der Waals surface area contributed by atoms with E-state index in [0.29, 0.717) is 5.76 Å². The lowest BCUT2D eigenvalue weighted by Gasteiger charge is -2.17. The molecule has 0 aliphatic heterocycles. The van der Waals surface area contributed by atoms with Crippen molar-refractivity contribution in [1.82, 2.24) is 5.32 Å². The number of aliphatic carboxylic acids is 1. The smallest absolute Gasteiger partial charge is 0.304 e. The van der Waals surface area contributed by atoms with E-state index in [1.807, 2.05) is 0 Å². The third-order valence-electron chi connectivity index (χ3n) is 2.90. The van der Waals surface area contributed by atoms with Crippen LogP contribution in [0.4, 0.5) is 0 Å². The highest BCUT2D eigenvalue weighted by atomic mass is 32.2. The molecule has 8 heteroatoms. The fourth-order valence-corrected chi connectivity index (χ4v) is 3.04. The molecule has 0 aliphatic rings. The van der Waals surface area contributed by atoms with Gasteiger partial charge in [0.25, 0.3) is 0 Å². The molecule has 2 N–H and O–H groups in total. The number of carbonyl (C=O) groups excluding carboxylic acids is 1. The molecular formula is C12H17NO6S. The number of sulfone groups is 1. The molecule has 0 saturated carbocycles. The fourth-order valence-electron chi connectivity index (χ4n) is 1.59. The summed E-state index contributed by atoms with van der Waals surface area (Å²) in [4.78, 5) is 22.3. The predicted molar refractivity (Wildman–Crippen MR) is 70.7 cm³/mol. The Morgan fingerprint density at radius 2 is 2.05 bits per heavy atom. The number of carboxylic acids is 1. The third kappa shape index (κ3) is 4.09. The van der Waals surface area contributed by atoms with E-state index in [1.54, 1.807) is 12.1 Å². The molecule has 7 nitrogen and oxygen atoms in total. The van der Waals surface area contributed by atoms with Crippen molar-refractivity contribution in [3.05, 3.63) is 24.2 Å². The second-order valence-electron chi connectivity index (χ2n) is 4.44. The van der Waals surface area contributed by atoms with Crippen molar-refractivity contribution in [3.63, 3.8) is 0 Å². The first-order valence-electron chi connectivity index (χ1n) is 5.99. The Kier molecular flexibility index (Phi) is 5.32. The van der Waals surface area contributed by atoms with Crippen LogP contribution in [-0.2, 0) is 26.0 Å². The number of nitrogens with one attached hydrogen (secondary N) is 1. The molecule has 1 aromatic rings. The minimum Gasteiger partial charge on any atom is -0.481 e. The summed E-state index contributed by atoms with van der Waals surface area (Å²) >= 11 is 0. The molecule has 0 aliphatic carbocycles. The van der Waals surface area contributed by atoms with Crippen molar-refractivity contribution in [2.75, 3.05) is 0 Å². The minimum absolute atomic E-state index is 0.0823. The van der Waals surface area contributed by atoms with Crippen LogP contribution in [0.3, 0.4) is 0 Å². The quantitative estimate of drug-likeness (QED) is 0.761. The molecular weight excluding hydrogens is 286 g/mol. The highest BCUT2D eigenvalue weighted by Crippen LogP contribution is 2.13. The minimum atomic E-state index is -3.85. The van der Waals surface area contributed by atoms with Crippen LogP contribution in [0.25, 0.3) is 0 Å². The van der Waals surface area contributed by atoms with E-state index in [0.717, 1.165) is 0 Å². The summed E-state index contributed by atoms with van der Waals surface area (Å²) < 4.78 is 29.0. The molecule has 1 amide bonds. The van der Waals surface area contributed by atoms with Crippen molar-refractivity contribution in [3.8, 4) is 0 Å². The molecule has 2 unspecified atom stereocenters. The molecule has 20 heavy (non-hydrogen) atoms. The van der Waals surface area contributed by atoms with Gasteiger partial charge in [0.05, 0.1) is 24.5 Å². The van der Waals surface area contributed by atoms with E-state index in [4.69, 9.17) is 9.52 Å². The van der Waals surface area contributed by atoms with Gasteiger partial charge in [-0.1, -0.05) is 0 Å². The van der Waals surface area contributed by atoms with Crippen molar-refractivity contribution in [2.24, 2.45) is 0 Å². The molecule has 0 radical (unpaired) electrons. The highest BCUT2D eigenvalue weighted by Gasteiger charge is 2.34. The molecule has 0 aromatic carbocycles.